The fraction of sp³-hybridized carbons (Fsp3) is 0.231. The third-order valence-corrected chi connectivity index (χ3v) is 4.00. The average molecular weight is 359 g/mol. The number of aliphatic hydroxyl groups is 1. The molecule has 106 valence electrons. The summed E-state index contributed by atoms with van der Waals surface area (Å²) in [5, 5.41) is 22.8. The van der Waals surface area contributed by atoms with Crippen LogP contribution in [-0.2, 0) is 13.2 Å². The number of aromatic nitrogens is 2. The van der Waals surface area contributed by atoms with Crippen molar-refractivity contribution in [2.24, 2.45) is 0 Å². The van der Waals surface area contributed by atoms with Gasteiger partial charge in [-0.05, 0) is 28.9 Å². The highest BCUT2D eigenvalue weighted by Crippen LogP contribution is 2.26. The Morgan fingerprint density at radius 2 is 2.10 bits per heavy atom. The van der Waals surface area contributed by atoms with E-state index in [1.54, 1.807) is 25.4 Å². The Labute approximate surface area is 129 Å². The van der Waals surface area contributed by atoms with Gasteiger partial charge in [-0.1, -0.05) is 11.6 Å². The molecule has 0 bridgehead atoms. The minimum absolute atomic E-state index is 0.0880. The molecule has 3 N–H and O–H groups in total. The average Bonchev–Trinajstić information content (AvgIpc) is 2.44. The minimum Gasteiger partial charge on any atom is -0.506 e. The maximum absolute atomic E-state index is 10.0. The van der Waals surface area contributed by atoms with Crippen LogP contribution in [0, 0.1) is 6.92 Å². The zero-order chi connectivity index (χ0) is 14.7. The summed E-state index contributed by atoms with van der Waals surface area (Å²) >= 11 is 9.12. The number of nitrogens with one attached hydrogen (secondary N) is 1. The van der Waals surface area contributed by atoms with Crippen LogP contribution in [0.25, 0.3) is 0 Å². The number of anilines is 1. The first-order valence-corrected chi connectivity index (χ1v) is 7.02. The van der Waals surface area contributed by atoms with Crippen LogP contribution in [0.3, 0.4) is 0 Å². The number of aryl methyl sites for hydroxylation is 1. The van der Waals surface area contributed by atoms with Gasteiger partial charge in [-0.2, -0.15) is 0 Å². The monoisotopic (exact) mass is 357 g/mol. The van der Waals surface area contributed by atoms with Crippen molar-refractivity contribution < 1.29 is 10.2 Å². The summed E-state index contributed by atoms with van der Waals surface area (Å²) in [5.41, 5.74) is 2.47. The molecule has 20 heavy (non-hydrogen) atoms. The molecule has 0 radical (unpaired) electrons. The molecule has 0 aliphatic rings. The van der Waals surface area contributed by atoms with E-state index >= 15 is 0 Å². The third kappa shape index (κ3) is 3.20. The Bertz CT molecular complexity index is 637. The maximum atomic E-state index is 10.0. The first-order chi connectivity index (χ1) is 9.52. The lowest BCUT2D eigenvalue weighted by atomic mass is 10.1. The first kappa shape index (κ1) is 15.0. The number of aromatic hydroxyl groups is 1. The number of aliphatic hydroxyl groups excluding tert-OH is 1. The first-order valence-electron chi connectivity index (χ1n) is 5.85. The Hall–Kier alpha value is -1.37. The van der Waals surface area contributed by atoms with Crippen molar-refractivity contribution in [2.75, 3.05) is 5.32 Å². The second kappa shape index (κ2) is 6.39. The summed E-state index contributed by atoms with van der Waals surface area (Å²) in [6.07, 6.45) is 3.15. The molecule has 2 aromatic rings. The van der Waals surface area contributed by atoms with E-state index in [9.17, 15) is 10.2 Å². The SMILES string of the molecule is Cc1ncc(CO)c(CNc2cnc(Cl)c(Br)c2)c1O. The summed E-state index contributed by atoms with van der Waals surface area (Å²) < 4.78 is 0.682. The number of hydrogen-bond donors (Lipinski definition) is 3. The van der Waals surface area contributed by atoms with Gasteiger partial charge in [-0.3, -0.25) is 4.98 Å². The molecule has 0 atom stereocenters. The van der Waals surface area contributed by atoms with Gasteiger partial charge in [0, 0.05) is 23.9 Å². The summed E-state index contributed by atoms with van der Waals surface area (Å²) in [5.74, 6) is 0.0880. The van der Waals surface area contributed by atoms with Crippen molar-refractivity contribution in [1.82, 2.24) is 9.97 Å². The smallest absolute Gasteiger partial charge is 0.143 e. The van der Waals surface area contributed by atoms with E-state index in [0.29, 0.717) is 33.0 Å². The van der Waals surface area contributed by atoms with Gasteiger partial charge in [0.1, 0.15) is 10.9 Å². The fourth-order valence-electron chi connectivity index (χ4n) is 1.73. The minimum atomic E-state index is -0.180. The summed E-state index contributed by atoms with van der Waals surface area (Å²) in [6.45, 7) is 1.88. The predicted molar refractivity (Wildman–Crippen MR) is 80.8 cm³/mol. The van der Waals surface area contributed by atoms with Crippen molar-refractivity contribution in [1.29, 1.82) is 0 Å². The van der Waals surface area contributed by atoms with Crippen molar-refractivity contribution in [2.45, 2.75) is 20.1 Å². The number of nitrogens with zero attached hydrogens (tertiary/aromatic N) is 2. The van der Waals surface area contributed by atoms with Gasteiger partial charge in [0.05, 0.1) is 28.7 Å². The van der Waals surface area contributed by atoms with Crippen molar-refractivity contribution in [3.63, 3.8) is 0 Å². The van der Waals surface area contributed by atoms with Gasteiger partial charge in [0.15, 0.2) is 0 Å². The van der Waals surface area contributed by atoms with Crippen molar-refractivity contribution in [3.8, 4) is 5.75 Å². The van der Waals surface area contributed by atoms with Gasteiger partial charge < -0.3 is 15.5 Å². The molecule has 5 nitrogen and oxygen atoms in total. The molecule has 0 amide bonds. The second-order valence-corrected chi connectivity index (χ2v) is 5.42. The lowest BCUT2D eigenvalue weighted by Gasteiger charge is -2.13. The van der Waals surface area contributed by atoms with E-state index in [4.69, 9.17) is 11.6 Å². The van der Waals surface area contributed by atoms with Crippen LogP contribution >= 0.6 is 27.5 Å². The van der Waals surface area contributed by atoms with Crippen molar-refractivity contribution in [3.05, 3.63) is 44.9 Å². The van der Waals surface area contributed by atoms with Crippen molar-refractivity contribution >= 4 is 33.2 Å². The van der Waals surface area contributed by atoms with Gasteiger partial charge in [0.2, 0.25) is 0 Å². The third-order valence-electron chi connectivity index (χ3n) is 2.87. The molecule has 2 heterocycles. The largest absolute Gasteiger partial charge is 0.506 e. The number of hydrogen-bond acceptors (Lipinski definition) is 5. The van der Waals surface area contributed by atoms with Crippen LogP contribution < -0.4 is 5.32 Å². The summed E-state index contributed by atoms with van der Waals surface area (Å²) in [4.78, 5) is 8.02. The highest BCUT2D eigenvalue weighted by atomic mass is 79.9. The van der Waals surface area contributed by atoms with Crippen LogP contribution in [0.4, 0.5) is 5.69 Å². The fourth-order valence-corrected chi connectivity index (χ4v) is 2.18. The Balaban J connectivity index is 2.22. The Kier molecular flexibility index (Phi) is 4.80. The molecule has 0 aromatic carbocycles. The molecule has 2 aromatic heterocycles. The van der Waals surface area contributed by atoms with E-state index in [-0.39, 0.29) is 12.4 Å². The highest BCUT2D eigenvalue weighted by Gasteiger charge is 2.11. The second-order valence-electron chi connectivity index (χ2n) is 4.20. The van der Waals surface area contributed by atoms with E-state index < -0.39 is 0 Å². The molecular formula is C13H13BrClN3O2. The van der Waals surface area contributed by atoms with Gasteiger partial charge >= 0.3 is 0 Å². The molecule has 7 heteroatoms. The van der Waals surface area contributed by atoms with Gasteiger partial charge in [-0.15, -0.1) is 0 Å². The van der Waals surface area contributed by atoms with E-state index in [1.165, 1.54) is 0 Å². The molecular weight excluding hydrogens is 346 g/mol. The predicted octanol–water partition coefficient (Wildman–Crippen LogP) is 3.01. The van der Waals surface area contributed by atoms with E-state index in [0.717, 1.165) is 5.69 Å². The normalized spacial score (nSPS) is 10.6. The molecule has 0 aliphatic carbocycles. The quantitative estimate of drug-likeness (QED) is 0.732. The number of halogens is 2. The molecule has 0 spiro atoms. The Morgan fingerprint density at radius 1 is 1.35 bits per heavy atom. The maximum Gasteiger partial charge on any atom is 0.143 e. The highest BCUT2D eigenvalue weighted by molar-refractivity contribution is 9.10. The van der Waals surface area contributed by atoms with Gasteiger partial charge in [-0.25, -0.2) is 4.98 Å². The summed E-state index contributed by atoms with van der Waals surface area (Å²) in [7, 11) is 0. The van der Waals surface area contributed by atoms with Crippen LogP contribution in [0.2, 0.25) is 5.15 Å². The Morgan fingerprint density at radius 3 is 2.75 bits per heavy atom. The lowest BCUT2D eigenvalue weighted by molar-refractivity contribution is 0.279. The molecule has 0 fully saturated rings. The molecule has 2 rings (SSSR count). The lowest BCUT2D eigenvalue weighted by Crippen LogP contribution is -2.06. The molecule has 0 saturated carbocycles. The molecule has 0 unspecified atom stereocenters. The van der Waals surface area contributed by atoms with E-state index in [2.05, 4.69) is 31.2 Å². The molecule has 0 saturated heterocycles. The van der Waals surface area contributed by atoms with E-state index in [1.807, 2.05) is 0 Å². The number of rotatable bonds is 4. The molecule has 0 aliphatic heterocycles. The van der Waals surface area contributed by atoms with Crippen LogP contribution in [0.5, 0.6) is 5.75 Å². The van der Waals surface area contributed by atoms with Crippen LogP contribution in [-0.4, -0.2) is 20.2 Å². The summed E-state index contributed by atoms with van der Waals surface area (Å²) in [6, 6.07) is 1.79. The van der Waals surface area contributed by atoms with Crippen LogP contribution in [0.15, 0.2) is 22.9 Å². The van der Waals surface area contributed by atoms with Crippen LogP contribution in [0.1, 0.15) is 16.8 Å². The topological polar surface area (TPSA) is 78.3 Å². The standard InChI is InChI=1S/C13H13BrClN3O2/c1-7-12(20)10(8(6-19)3-16-7)5-17-9-2-11(14)13(15)18-4-9/h2-4,17,19-20H,5-6H2,1H3. The zero-order valence-corrected chi connectivity index (χ0v) is 13.0. The zero-order valence-electron chi connectivity index (χ0n) is 10.7. The number of pyridine rings is 2. The van der Waals surface area contributed by atoms with Gasteiger partial charge in [0.25, 0.3) is 0 Å².